The maximum absolute atomic E-state index is 12.9. The average molecular weight is 284 g/mol. The topological polar surface area (TPSA) is 46.3 Å². The van der Waals surface area contributed by atoms with Crippen molar-refractivity contribution in [3.05, 3.63) is 0 Å². The molecule has 0 heterocycles. The van der Waals surface area contributed by atoms with E-state index in [1.54, 1.807) is 0 Å². The van der Waals surface area contributed by atoms with Crippen LogP contribution < -0.4 is 5.73 Å². The number of hydrogen-bond acceptors (Lipinski definition) is 2. The van der Waals surface area contributed by atoms with Gasteiger partial charge in [-0.25, -0.2) is 0 Å². The predicted octanol–water partition coefficient (Wildman–Crippen LogP) is 3.12. The molecule has 0 radical (unpaired) electrons. The van der Waals surface area contributed by atoms with Gasteiger partial charge in [0, 0.05) is 24.9 Å². The van der Waals surface area contributed by atoms with Crippen LogP contribution in [0.5, 0.6) is 0 Å². The van der Waals surface area contributed by atoms with E-state index in [-0.39, 0.29) is 5.41 Å². The summed E-state index contributed by atoms with van der Waals surface area (Å²) in [5.41, 5.74) is 5.48. The van der Waals surface area contributed by atoms with Crippen molar-refractivity contribution in [1.82, 2.24) is 4.90 Å². The summed E-state index contributed by atoms with van der Waals surface area (Å²) in [7, 11) is 0. The van der Waals surface area contributed by atoms with Crippen molar-refractivity contribution in [2.45, 2.75) is 59.3 Å². The Bertz CT molecular complexity index is 322. The Morgan fingerprint density at radius 1 is 1.37 bits per heavy atom. The molecular formula is C15H28N2OS. The molecule has 1 saturated carbocycles. The van der Waals surface area contributed by atoms with Crippen LogP contribution in [0.1, 0.15) is 59.3 Å². The Kier molecular flexibility index (Phi) is 6.24. The number of carbonyl (C=O) groups is 1. The van der Waals surface area contributed by atoms with E-state index in [2.05, 4.69) is 20.8 Å². The van der Waals surface area contributed by atoms with Crippen LogP contribution in [0.25, 0.3) is 0 Å². The minimum atomic E-state index is -0.106. The third-order valence-corrected chi connectivity index (χ3v) is 4.40. The molecule has 2 N–H and O–H groups in total. The van der Waals surface area contributed by atoms with Crippen molar-refractivity contribution in [3.8, 4) is 0 Å². The van der Waals surface area contributed by atoms with Crippen LogP contribution in [0.3, 0.4) is 0 Å². The first-order valence-corrected chi connectivity index (χ1v) is 7.90. The van der Waals surface area contributed by atoms with Gasteiger partial charge < -0.3 is 10.6 Å². The second-order valence-corrected chi connectivity index (χ2v) is 6.73. The molecule has 0 aromatic rings. The lowest BCUT2D eigenvalue weighted by Gasteiger charge is -2.34. The molecule has 0 atom stereocenters. The molecule has 0 spiro atoms. The van der Waals surface area contributed by atoms with Gasteiger partial charge in [0.05, 0.1) is 4.99 Å². The van der Waals surface area contributed by atoms with E-state index in [1.165, 1.54) is 12.8 Å². The lowest BCUT2D eigenvalue weighted by molar-refractivity contribution is -0.142. The SMILES string of the molecule is CCC1(C(=O)N(CCC(N)=S)CC(C)C)CCCC1. The third kappa shape index (κ3) is 4.44. The molecular weight excluding hydrogens is 256 g/mol. The van der Waals surface area contributed by atoms with Crippen LogP contribution in [-0.2, 0) is 4.79 Å². The van der Waals surface area contributed by atoms with Crippen molar-refractivity contribution in [2.24, 2.45) is 17.1 Å². The highest BCUT2D eigenvalue weighted by Gasteiger charge is 2.41. The van der Waals surface area contributed by atoms with Gasteiger partial charge in [-0.15, -0.1) is 0 Å². The highest BCUT2D eigenvalue weighted by Crippen LogP contribution is 2.42. The molecule has 1 rings (SSSR count). The van der Waals surface area contributed by atoms with E-state index in [4.69, 9.17) is 18.0 Å². The van der Waals surface area contributed by atoms with Gasteiger partial charge in [0.2, 0.25) is 5.91 Å². The number of hydrogen-bond donors (Lipinski definition) is 1. The standard InChI is InChI=1S/C15H28N2OS/c1-4-15(8-5-6-9-15)14(18)17(11-12(2)3)10-7-13(16)19/h12H,4-11H2,1-3H3,(H2,16,19). The van der Waals surface area contributed by atoms with Crippen LogP contribution in [-0.4, -0.2) is 28.9 Å². The molecule has 0 saturated heterocycles. The molecule has 110 valence electrons. The Labute approximate surface area is 122 Å². The van der Waals surface area contributed by atoms with E-state index in [0.29, 0.717) is 29.8 Å². The normalized spacial score (nSPS) is 17.7. The van der Waals surface area contributed by atoms with Crippen LogP contribution in [0.2, 0.25) is 0 Å². The minimum Gasteiger partial charge on any atom is -0.393 e. The van der Waals surface area contributed by atoms with Crippen LogP contribution >= 0.6 is 12.2 Å². The quantitative estimate of drug-likeness (QED) is 0.731. The van der Waals surface area contributed by atoms with Gasteiger partial charge in [-0.1, -0.05) is 45.8 Å². The summed E-state index contributed by atoms with van der Waals surface area (Å²) in [5, 5.41) is 0. The lowest BCUT2D eigenvalue weighted by atomic mass is 9.81. The van der Waals surface area contributed by atoms with Gasteiger partial charge >= 0.3 is 0 Å². The number of thiocarbonyl (C=S) groups is 1. The number of carbonyl (C=O) groups excluding carboxylic acids is 1. The molecule has 0 bridgehead atoms. The minimum absolute atomic E-state index is 0.106. The highest BCUT2D eigenvalue weighted by molar-refractivity contribution is 7.80. The molecule has 1 aliphatic rings. The van der Waals surface area contributed by atoms with Crippen LogP contribution in [0.4, 0.5) is 0 Å². The fraction of sp³-hybridized carbons (Fsp3) is 0.867. The maximum atomic E-state index is 12.9. The smallest absolute Gasteiger partial charge is 0.228 e. The van der Waals surface area contributed by atoms with Crippen LogP contribution in [0.15, 0.2) is 0 Å². The van der Waals surface area contributed by atoms with E-state index >= 15 is 0 Å². The maximum Gasteiger partial charge on any atom is 0.228 e. The van der Waals surface area contributed by atoms with Crippen molar-refractivity contribution in [1.29, 1.82) is 0 Å². The molecule has 1 aliphatic carbocycles. The zero-order chi connectivity index (χ0) is 14.5. The van der Waals surface area contributed by atoms with Gasteiger partial charge in [-0.3, -0.25) is 4.79 Å². The molecule has 3 nitrogen and oxygen atoms in total. The highest BCUT2D eigenvalue weighted by atomic mass is 32.1. The summed E-state index contributed by atoms with van der Waals surface area (Å²) in [6, 6.07) is 0. The first kappa shape index (κ1) is 16.4. The summed E-state index contributed by atoms with van der Waals surface area (Å²) in [6.45, 7) is 7.92. The molecule has 1 amide bonds. The van der Waals surface area contributed by atoms with E-state index in [1.807, 2.05) is 4.90 Å². The number of nitrogens with two attached hydrogens (primary N) is 1. The zero-order valence-electron chi connectivity index (χ0n) is 12.6. The first-order valence-electron chi connectivity index (χ1n) is 7.49. The van der Waals surface area contributed by atoms with Crippen molar-refractivity contribution < 1.29 is 4.79 Å². The predicted molar refractivity (Wildman–Crippen MR) is 84.0 cm³/mol. The second kappa shape index (κ2) is 7.22. The number of nitrogens with zero attached hydrogens (tertiary/aromatic N) is 1. The molecule has 0 aromatic carbocycles. The Morgan fingerprint density at radius 2 is 1.95 bits per heavy atom. The molecule has 0 unspecified atom stereocenters. The van der Waals surface area contributed by atoms with Gasteiger partial charge in [-0.2, -0.15) is 0 Å². The Balaban J connectivity index is 2.76. The summed E-state index contributed by atoms with van der Waals surface area (Å²) in [4.78, 5) is 15.4. The summed E-state index contributed by atoms with van der Waals surface area (Å²) < 4.78 is 0. The second-order valence-electron chi connectivity index (χ2n) is 6.20. The van der Waals surface area contributed by atoms with Gasteiger partial charge in [0.25, 0.3) is 0 Å². The van der Waals surface area contributed by atoms with E-state index in [0.717, 1.165) is 25.8 Å². The monoisotopic (exact) mass is 284 g/mol. The average Bonchev–Trinajstić information content (AvgIpc) is 2.83. The molecule has 19 heavy (non-hydrogen) atoms. The van der Waals surface area contributed by atoms with Gasteiger partial charge in [-0.05, 0) is 25.2 Å². The van der Waals surface area contributed by atoms with E-state index < -0.39 is 0 Å². The van der Waals surface area contributed by atoms with Crippen molar-refractivity contribution in [3.63, 3.8) is 0 Å². The van der Waals surface area contributed by atoms with Crippen molar-refractivity contribution in [2.75, 3.05) is 13.1 Å². The zero-order valence-corrected chi connectivity index (χ0v) is 13.4. The molecule has 0 aliphatic heterocycles. The number of amides is 1. The van der Waals surface area contributed by atoms with E-state index in [9.17, 15) is 4.79 Å². The largest absolute Gasteiger partial charge is 0.393 e. The Morgan fingerprint density at radius 3 is 2.37 bits per heavy atom. The molecule has 4 heteroatoms. The number of rotatable bonds is 7. The summed E-state index contributed by atoms with van der Waals surface area (Å²) in [6.07, 6.45) is 6.05. The van der Waals surface area contributed by atoms with Gasteiger partial charge in [0.1, 0.15) is 0 Å². The first-order chi connectivity index (χ1) is 8.91. The van der Waals surface area contributed by atoms with Crippen molar-refractivity contribution >= 4 is 23.1 Å². The summed E-state index contributed by atoms with van der Waals surface area (Å²) in [5.74, 6) is 0.808. The van der Waals surface area contributed by atoms with Gasteiger partial charge in [0.15, 0.2) is 0 Å². The molecule has 0 aromatic heterocycles. The fourth-order valence-electron chi connectivity index (χ4n) is 3.07. The van der Waals surface area contributed by atoms with Crippen LogP contribution in [0, 0.1) is 11.3 Å². The fourth-order valence-corrected chi connectivity index (χ4v) is 3.16. The third-order valence-electron chi connectivity index (χ3n) is 4.19. The Hall–Kier alpha value is -0.640. The summed E-state index contributed by atoms with van der Waals surface area (Å²) >= 11 is 4.94. The lowest BCUT2D eigenvalue weighted by Crippen LogP contribution is -2.45. The molecule has 1 fully saturated rings.